The summed E-state index contributed by atoms with van der Waals surface area (Å²) in [5.41, 5.74) is 4.45. The molecule has 1 saturated heterocycles. The Bertz CT molecular complexity index is 1120. The molecule has 32 heavy (non-hydrogen) atoms. The molecular formula is C23H21ClN2O4S2. The van der Waals surface area contributed by atoms with Gasteiger partial charge in [0.2, 0.25) is 0 Å². The lowest BCUT2D eigenvalue weighted by atomic mass is 10.1. The molecule has 0 aromatic heterocycles. The summed E-state index contributed by atoms with van der Waals surface area (Å²) in [5.74, 6) is 0.191. The van der Waals surface area contributed by atoms with Crippen molar-refractivity contribution in [2.75, 3.05) is 13.2 Å². The average molecular weight is 489 g/mol. The summed E-state index contributed by atoms with van der Waals surface area (Å²) < 4.78 is 11.5. The van der Waals surface area contributed by atoms with Gasteiger partial charge in [-0.3, -0.25) is 15.0 Å². The highest BCUT2D eigenvalue weighted by Crippen LogP contribution is 2.34. The molecule has 0 unspecified atom stereocenters. The fraction of sp³-hybridized carbons (Fsp3) is 0.174. The van der Waals surface area contributed by atoms with Crippen molar-refractivity contribution in [3.05, 3.63) is 75.7 Å². The maximum Gasteiger partial charge on any atom is 0.285 e. The van der Waals surface area contributed by atoms with Crippen LogP contribution >= 0.6 is 35.6 Å². The number of nitrogens with one attached hydrogen (secondary N) is 1. The van der Waals surface area contributed by atoms with E-state index in [2.05, 4.69) is 12.0 Å². The van der Waals surface area contributed by atoms with Gasteiger partial charge >= 0.3 is 0 Å². The van der Waals surface area contributed by atoms with E-state index in [0.717, 1.165) is 27.9 Å². The van der Waals surface area contributed by atoms with Gasteiger partial charge in [-0.2, -0.15) is 5.01 Å². The van der Waals surface area contributed by atoms with Crippen LogP contribution in [0.2, 0.25) is 5.02 Å². The molecule has 0 saturated carbocycles. The Morgan fingerprint density at radius 1 is 1.25 bits per heavy atom. The van der Waals surface area contributed by atoms with E-state index in [4.69, 9.17) is 33.3 Å². The van der Waals surface area contributed by atoms with E-state index in [-0.39, 0.29) is 9.88 Å². The number of hydrogen-bond acceptors (Lipinski definition) is 6. The highest BCUT2D eigenvalue weighted by atomic mass is 35.5. The van der Waals surface area contributed by atoms with Crippen LogP contribution in [0.15, 0.2) is 54.0 Å². The van der Waals surface area contributed by atoms with Crippen LogP contribution in [0.4, 0.5) is 0 Å². The van der Waals surface area contributed by atoms with Crippen molar-refractivity contribution in [2.24, 2.45) is 0 Å². The highest BCUT2D eigenvalue weighted by molar-refractivity contribution is 8.26. The van der Waals surface area contributed by atoms with E-state index < -0.39 is 11.8 Å². The van der Waals surface area contributed by atoms with Gasteiger partial charge in [0, 0.05) is 0 Å². The Balaban J connectivity index is 1.79. The smallest absolute Gasteiger partial charge is 0.285 e. The van der Waals surface area contributed by atoms with Gasteiger partial charge < -0.3 is 9.47 Å². The highest BCUT2D eigenvalue weighted by Gasteiger charge is 2.34. The number of carbonyl (C=O) groups is 2. The summed E-state index contributed by atoms with van der Waals surface area (Å²) in [6.07, 6.45) is 3.33. The van der Waals surface area contributed by atoms with Crippen molar-refractivity contribution in [1.29, 1.82) is 0 Å². The van der Waals surface area contributed by atoms with Crippen LogP contribution in [0.1, 0.15) is 28.4 Å². The average Bonchev–Trinajstić information content (AvgIpc) is 3.00. The lowest BCUT2D eigenvalue weighted by Crippen LogP contribution is -2.44. The first-order valence-corrected chi connectivity index (χ1v) is 11.3. The largest absolute Gasteiger partial charge is 0.490 e. The number of benzene rings is 2. The Kier molecular flexibility index (Phi) is 7.95. The second kappa shape index (κ2) is 10.7. The molecule has 9 heteroatoms. The first-order valence-electron chi connectivity index (χ1n) is 9.69. The maximum atomic E-state index is 12.9. The number of thiocarbonyl (C=S) groups is 1. The minimum atomic E-state index is -0.519. The predicted octanol–water partition coefficient (Wildman–Crippen LogP) is 5.16. The minimum Gasteiger partial charge on any atom is -0.490 e. The third kappa shape index (κ3) is 5.51. The van der Waals surface area contributed by atoms with E-state index in [1.54, 1.807) is 48.6 Å². The summed E-state index contributed by atoms with van der Waals surface area (Å²) >= 11 is 12.6. The van der Waals surface area contributed by atoms with Crippen molar-refractivity contribution in [2.45, 2.75) is 13.8 Å². The van der Waals surface area contributed by atoms with Gasteiger partial charge in [-0.05, 0) is 67.5 Å². The summed E-state index contributed by atoms with van der Waals surface area (Å²) in [5, 5.41) is 1.35. The lowest BCUT2D eigenvalue weighted by molar-refractivity contribution is -0.123. The fourth-order valence-corrected chi connectivity index (χ4v) is 4.33. The molecule has 2 aromatic rings. The topological polar surface area (TPSA) is 67.9 Å². The predicted molar refractivity (Wildman–Crippen MR) is 132 cm³/mol. The van der Waals surface area contributed by atoms with Gasteiger partial charge in [-0.25, -0.2) is 0 Å². The van der Waals surface area contributed by atoms with Gasteiger partial charge in [0.15, 0.2) is 15.8 Å². The third-order valence-corrected chi connectivity index (χ3v) is 5.91. The van der Waals surface area contributed by atoms with Crippen molar-refractivity contribution in [3.63, 3.8) is 0 Å². The maximum absolute atomic E-state index is 12.9. The molecule has 2 amide bonds. The molecule has 2 aromatic carbocycles. The number of thioether (sulfide) groups is 1. The molecule has 1 heterocycles. The van der Waals surface area contributed by atoms with Gasteiger partial charge in [0.25, 0.3) is 11.8 Å². The summed E-state index contributed by atoms with van der Waals surface area (Å²) in [6.45, 7) is 8.19. The first-order chi connectivity index (χ1) is 15.3. The number of rotatable bonds is 8. The Hall–Kier alpha value is -2.81. The number of nitrogens with zero attached hydrogens (tertiary/aromatic N) is 1. The van der Waals surface area contributed by atoms with Gasteiger partial charge in [-0.15, -0.1) is 0 Å². The standard InChI is InChI=1S/C23H21ClN2O4S2/c1-4-10-30-18-9-7-15(12-19(18)29-5-2)13-20-22(28)26(23(31)32-20)25-21(27)16-8-6-14(3)11-17(16)24/h4,6-9,11-13H,1,5,10H2,2-3H3,(H,25,27)/b20-13+. The molecule has 3 rings (SSSR count). The van der Waals surface area contributed by atoms with Crippen LogP contribution in [0.25, 0.3) is 6.08 Å². The van der Waals surface area contributed by atoms with Gasteiger partial charge in [-0.1, -0.05) is 48.2 Å². The van der Waals surface area contributed by atoms with Crippen LogP contribution in [0.5, 0.6) is 11.5 Å². The van der Waals surface area contributed by atoms with Gasteiger partial charge in [0.1, 0.15) is 6.61 Å². The summed E-state index contributed by atoms with van der Waals surface area (Å²) in [4.78, 5) is 25.9. The fourth-order valence-electron chi connectivity index (χ4n) is 2.83. The van der Waals surface area contributed by atoms with Crippen LogP contribution < -0.4 is 14.9 Å². The number of amides is 2. The lowest BCUT2D eigenvalue weighted by Gasteiger charge is -2.16. The Labute approximate surface area is 201 Å². The van der Waals surface area contributed by atoms with E-state index in [1.165, 1.54) is 0 Å². The molecule has 0 radical (unpaired) electrons. The van der Waals surface area contributed by atoms with Crippen LogP contribution in [0, 0.1) is 6.92 Å². The van der Waals surface area contributed by atoms with Crippen LogP contribution in [0.3, 0.4) is 0 Å². The van der Waals surface area contributed by atoms with Crippen molar-refractivity contribution in [3.8, 4) is 11.5 Å². The van der Waals surface area contributed by atoms with E-state index in [9.17, 15) is 9.59 Å². The molecule has 1 aliphatic rings. The van der Waals surface area contributed by atoms with E-state index in [1.807, 2.05) is 13.8 Å². The number of aryl methyl sites for hydroxylation is 1. The monoisotopic (exact) mass is 488 g/mol. The van der Waals surface area contributed by atoms with Crippen molar-refractivity contribution < 1.29 is 19.1 Å². The zero-order valence-corrected chi connectivity index (χ0v) is 19.9. The summed E-state index contributed by atoms with van der Waals surface area (Å²) in [6, 6.07) is 10.4. The molecule has 166 valence electrons. The van der Waals surface area contributed by atoms with Crippen LogP contribution in [-0.2, 0) is 4.79 Å². The van der Waals surface area contributed by atoms with E-state index >= 15 is 0 Å². The number of carbonyl (C=O) groups excluding carboxylic acids is 2. The second-order valence-corrected chi connectivity index (χ2v) is 8.76. The quantitative estimate of drug-likeness (QED) is 0.314. The molecule has 0 atom stereocenters. The number of ether oxygens (including phenoxy) is 2. The Morgan fingerprint density at radius 3 is 2.72 bits per heavy atom. The number of halogens is 1. The SMILES string of the molecule is C=CCOc1ccc(/C=C2/SC(=S)N(NC(=O)c3ccc(C)cc3Cl)C2=O)cc1OCC. The minimum absolute atomic E-state index is 0.216. The van der Waals surface area contributed by atoms with Crippen molar-refractivity contribution in [1.82, 2.24) is 10.4 Å². The second-order valence-electron chi connectivity index (χ2n) is 6.68. The summed E-state index contributed by atoms with van der Waals surface area (Å²) in [7, 11) is 0. The number of hydrogen-bond donors (Lipinski definition) is 1. The molecule has 6 nitrogen and oxygen atoms in total. The van der Waals surface area contributed by atoms with Gasteiger partial charge in [0.05, 0.1) is 22.1 Å². The van der Waals surface area contributed by atoms with Crippen molar-refractivity contribution >= 4 is 57.8 Å². The third-order valence-electron chi connectivity index (χ3n) is 4.30. The molecule has 0 bridgehead atoms. The molecule has 1 fully saturated rings. The Morgan fingerprint density at radius 2 is 2.03 bits per heavy atom. The molecule has 1 aliphatic heterocycles. The first kappa shape index (κ1) is 23.8. The molecular weight excluding hydrogens is 468 g/mol. The molecule has 0 aliphatic carbocycles. The normalized spacial score (nSPS) is 14.6. The van der Waals surface area contributed by atoms with Crippen LogP contribution in [-0.4, -0.2) is 34.4 Å². The zero-order valence-electron chi connectivity index (χ0n) is 17.5. The molecule has 1 N–H and O–H groups in total. The number of hydrazine groups is 1. The molecule has 0 spiro atoms. The van der Waals surface area contributed by atoms with E-state index in [0.29, 0.717) is 34.6 Å². The zero-order chi connectivity index (χ0) is 23.3.